The minimum absolute atomic E-state index is 0.116. The van der Waals surface area contributed by atoms with E-state index in [1.807, 2.05) is 13.8 Å². The first kappa shape index (κ1) is 22.0. The highest BCUT2D eigenvalue weighted by atomic mass is 19.1. The molecule has 2 aromatic carbocycles. The fourth-order valence-corrected chi connectivity index (χ4v) is 4.19. The van der Waals surface area contributed by atoms with Crippen LogP contribution in [-0.2, 0) is 11.3 Å². The molecule has 0 spiro atoms. The van der Waals surface area contributed by atoms with Crippen LogP contribution in [0.2, 0.25) is 0 Å². The first-order chi connectivity index (χ1) is 15.4. The molecular formula is C24H24F3N3O2. The Morgan fingerprint density at radius 1 is 1.00 bits per heavy atom. The lowest BCUT2D eigenvalue weighted by molar-refractivity contribution is 0.101. The smallest absolute Gasteiger partial charge is 0.272 e. The number of benzene rings is 2. The number of amides is 1. The first-order valence-corrected chi connectivity index (χ1v) is 10.4. The number of morpholine rings is 1. The standard InChI is InChI=1S/C24H24F3N3O2/c1-15-22(29-10-12-32-13-11-29)16(2)30(14-19-20(26)4-3-5-21(19)27)23(15)24(31)28-18-8-6-17(25)7-9-18/h3-9H,10-14H2,1-2H3,(H,28,31). The Balaban J connectivity index is 1.78. The lowest BCUT2D eigenvalue weighted by Crippen LogP contribution is -2.36. The van der Waals surface area contributed by atoms with E-state index in [0.717, 1.165) is 11.4 Å². The number of hydrogen-bond donors (Lipinski definition) is 1. The third-order valence-electron chi connectivity index (χ3n) is 5.75. The molecule has 2 heterocycles. The van der Waals surface area contributed by atoms with Crippen LogP contribution in [0.1, 0.15) is 27.3 Å². The Labute approximate surface area is 184 Å². The van der Waals surface area contributed by atoms with Gasteiger partial charge in [0.05, 0.1) is 25.4 Å². The van der Waals surface area contributed by atoms with Crippen molar-refractivity contribution >= 4 is 17.3 Å². The van der Waals surface area contributed by atoms with E-state index < -0.39 is 23.4 Å². The zero-order valence-electron chi connectivity index (χ0n) is 17.9. The summed E-state index contributed by atoms with van der Waals surface area (Å²) in [7, 11) is 0. The summed E-state index contributed by atoms with van der Waals surface area (Å²) in [6.45, 7) is 5.95. The number of anilines is 2. The second-order valence-electron chi connectivity index (χ2n) is 7.75. The van der Waals surface area contributed by atoms with E-state index in [-0.39, 0.29) is 12.1 Å². The van der Waals surface area contributed by atoms with Gasteiger partial charge in [-0.15, -0.1) is 0 Å². The van der Waals surface area contributed by atoms with E-state index >= 15 is 0 Å². The average molecular weight is 443 g/mol. The minimum atomic E-state index is -0.673. The molecule has 1 aromatic heterocycles. The van der Waals surface area contributed by atoms with E-state index in [9.17, 15) is 18.0 Å². The van der Waals surface area contributed by atoms with Crippen LogP contribution >= 0.6 is 0 Å². The van der Waals surface area contributed by atoms with Gasteiger partial charge in [0.2, 0.25) is 0 Å². The van der Waals surface area contributed by atoms with Gasteiger partial charge in [0.15, 0.2) is 0 Å². The van der Waals surface area contributed by atoms with Crippen molar-refractivity contribution in [2.45, 2.75) is 20.4 Å². The SMILES string of the molecule is Cc1c(N2CCOCC2)c(C)n(Cc2c(F)cccc2F)c1C(=O)Nc1ccc(F)cc1. The van der Waals surface area contributed by atoms with Crippen LogP contribution in [0.15, 0.2) is 42.5 Å². The van der Waals surface area contributed by atoms with E-state index in [0.29, 0.717) is 43.2 Å². The third-order valence-corrected chi connectivity index (χ3v) is 5.75. The van der Waals surface area contributed by atoms with E-state index in [1.54, 1.807) is 4.57 Å². The monoisotopic (exact) mass is 443 g/mol. The van der Waals surface area contributed by atoms with E-state index in [2.05, 4.69) is 10.2 Å². The van der Waals surface area contributed by atoms with Crippen LogP contribution in [-0.4, -0.2) is 36.8 Å². The summed E-state index contributed by atoms with van der Waals surface area (Å²) in [4.78, 5) is 15.4. The molecule has 8 heteroatoms. The normalized spacial score (nSPS) is 14.0. The maximum absolute atomic E-state index is 14.4. The van der Waals surface area contributed by atoms with Gasteiger partial charge in [-0.05, 0) is 50.2 Å². The summed E-state index contributed by atoms with van der Waals surface area (Å²) in [5, 5.41) is 2.77. The van der Waals surface area contributed by atoms with Crippen molar-refractivity contribution < 1.29 is 22.7 Å². The Hall–Kier alpha value is -3.26. The Kier molecular flexibility index (Phi) is 6.23. The molecule has 5 nitrogen and oxygen atoms in total. The molecule has 1 saturated heterocycles. The van der Waals surface area contributed by atoms with Crippen LogP contribution in [0.25, 0.3) is 0 Å². The molecule has 1 N–H and O–H groups in total. The number of hydrogen-bond acceptors (Lipinski definition) is 3. The van der Waals surface area contributed by atoms with Crippen molar-refractivity contribution in [3.8, 4) is 0 Å². The number of ether oxygens (including phenoxy) is 1. The van der Waals surface area contributed by atoms with Gasteiger partial charge in [0, 0.05) is 35.6 Å². The lowest BCUT2D eigenvalue weighted by Gasteiger charge is -2.29. The summed E-state index contributed by atoms with van der Waals surface area (Å²) in [5.41, 5.74) is 2.91. The minimum Gasteiger partial charge on any atom is -0.378 e. The van der Waals surface area contributed by atoms with Crippen molar-refractivity contribution in [2.75, 3.05) is 36.5 Å². The van der Waals surface area contributed by atoms with Crippen LogP contribution < -0.4 is 10.2 Å². The zero-order chi connectivity index (χ0) is 22.8. The lowest BCUT2D eigenvalue weighted by atomic mass is 10.1. The van der Waals surface area contributed by atoms with E-state index in [4.69, 9.17) is 4.74 Å². The maximum Gasteiger partial charge on any atom is 0.272 e. The molecule has 1 fully saturated rings. The third kappa shape index (κ3) is 4.23. The van der Waals surface area contributed by atoms with Crippen LogP contribution in [0.5, 0.6) is 0 Å². The number of aromatic nitrogens is 1. The molecule has 32 heavy (non-hydrogen) atoms. The summed E-state index contributed by atoms with van der Waals surface area (Å²) in [6, 6.07) is 9.13. The van der Waals surface area contributed by atoms with E-state index in [1.165, 1.54) is 42.5 Å². The highest BCUT2D eigenvalue weighted by Gasteiger charge is 2.28. The molecule has 0 radical (unpaired) electrons. The highest BCUT2D eigenvalue weighted by Crippen LogP contribution is 2.33. The molecule has 3 aromatic rings. The number of nitrogens with one attached hydrogen (secondary N) is 1. The summed E-state index contributed by atoms with van der Waals surface area (Å²) >= 11 is 0. The number of carbonyl (C=O) groups excluding carboxylic acids is 1. The number of halogens is 3. The number of nitrogens with zero attached hydrogens (tertiary/aromatic N) is 2. The van der Waals surface area contributed by atoms with Crippen LogP contribution in [0.4, 0.5) is 24.5 Å². The first-order valence-electron chi connectivity index (χ1n) is 10.4. The quantitative estimate of drug-likeness (QED) is 0.624. The molecule has 168 valence electrons. The fourth-order valence-electron chi connectivity index (χ4n) is 4.19. The van der Waals surface area contributed by atoms with Gasteiger partial charge in [0.1, 0.15) is 23.1 Å². The molecule has 0 unspecified atom stereocenters. The summed E-state index contributed by atoms with van der Waals surface area (Å²) in [5.74, 6) is -2.20. The molecule has 0 atom stereocenters. The molecular weight excluding hydrogens is 419 g/mol. The molecule has 1 amide bonds. The van der Waals surface area contributed by atoms with Gasteiger partial charge < -0.3 is 19.5 Å². The van der Waals surface area contributed by atoms with Crippen molar-refractivity contribution in [2.24, 2.45) is 0 Å². The number of rotatable bonds is 5. The van der Waals surface area contributed by atoms with Crippen molar-refractivity contribution in [3.05, 3.63) is 82.4 Å². The van der Waals surface area contributed by atoms with Crippen molar-refractivity contribution in [3.63, 3.8) is 0 Å². The summed E-state index contributed by atoms with van der Waals surface area (Å²) < 4.78 is 49.2. The van der Waals surface area contributed by atoms with Gasteiger partial charge in [-0.2, -0.15) is 0 Å². The zero-order valence-corrected chi connectivity index (χ0v) is 17.9. The predicted octanol–water partition coefficient (Wildman–Crippen LogP) is 4.66. The highest BCUT2D eigenvalue weighted by molar-refractivity contribution is 6.05. The summed E-state index contributed by atoms with van der Waals surface area (Å²) in [6.07, 6.45) is 0. The number of carbonyl (C=O) groups is 1. The Morgan fingerprint density at radius 3 is 2.25 bits per heavy atom. The fraction of sp³-hybridized carbons (Fsp3) is 0.292. The molecule has 1 aliphatic rings. The van der Waals surface area contributed by atoms with Gasteiger partial charge in [-0.25, -0.2) is 13.2 Å². The van der Waals surface area contributed by atoms with Crippen molar-refractivity contribution in [1.82, 2.24) is 4.57 Å². The molecule has 0 saturated carbocycles. The Bertz CT molecular complexity index is 1120. The van der Waals surface area contributed by atoms with Crippen LogP contribution in [0, 0.1) is 31.3 Å². The topological polar surface area (TPSA) is 46.5 Å². The van der Waals surface area contributed by atoms with Gasteiger partial charge in [-0.3, -0.25) is 4.79 Å². The Morgan fingerprint density at radius 2 is 1.62 bits per heavy atom. The van der Waals surface area contributed by atoms with Gasteiger partial charge >= 0.3 is 0 Å². The second-order valence-corrected chi connectivity index (χ2v) is 7.75. The maximum atomic E-state index is 14.4. The molecule has 0 bridgehead atoms. The predicted molar refractivity (Wildman–Crippen MR) is 117 cm³/mol. The molecule has 1 aliphatic heterocycles. The van der Waals surface area contributed by atoms with Crippen LogP contribution in [0.3, 0.4) is 0 Å². The van der Waals surface area contributed by atoms with Gasteiger partial charge in [0.25, 0.3) is 5.91 Å². The molecule has 4 rings (SSSR count). The average Bonchev–Trinajstić information content (AvgIpc) is 3.02. The molecule has 0 aliphatic carbocycles. The second kappa shape index (κ2) is 9.08. The largest absolute Gasteiger partial charge is 0.378 e. The van der Waals surface area contributed by atoms with Gasteiger partial charge in [-0.1, -0.05) is 6.07 Å². The van der Waals surface area contributed by atoms with Crippen molar-refractivity contribution in [1.29, 1.82) is 0 Å².